The second kappa shape index (κ2) is 25.2. The highest BCUT2D eigenvalue weighted by Gasteiger charge is 2.10. The van der Waals surface area contributed by atoms with Gasteiger partial charge in [0.1, 0.15) is 0 Å². The first-order chi connectivity index (χ1) is 14.7. The Morgan fingerprint density at radius 2 is 0.700 bits per heavy atom. The van der Waals surface area contributed by atoms with Crippen LogP contribution >= 0.6 is 0 Å². The molecule has 182 valence electrons. The van der Waals surface area contributed by atoms with Gasteiger partial charge < -0.3 is 5.73 Å². The van der Waals surface area contributed by atoms with Crippen LogP contribution in [0.2, 0.25) is 0 Å². The van der Waals surface area contributed by atoms with Crippen molar-refractivity contribution >= 4 is 0 Å². The van der Waals surface area contributed by atoms with E-state index in [0.29, 0.717) is 6.04 Å². The SMILES string of the molecule is CCCCCCCCCCCCCCCCC(CCCCCCCCC)CC(C)N. The molecule has 2 N–H and O–H groups in total. The van der Waals surface area contributed by atoms with Gasteiger partial charge in [-0.05, 0) is 19.3 Å². The molecule has 0 aromatic heterocycles. The van der Waals surface area contributed by atoms with Gasteiger partial charge in [-0.3, -0.25) is 0 Å². The standard InChI is InChI=1S/C29H61N/c1-4-6-8-10-12-13-14-15-16-17-18-20-22-24-26-29(27-28(3)30)25-23-21-19-11-9-7-5-2/h28-29H,4-27,30H2,1-3H3. The Bertz CT molecular complexity index is 299. The zero-order valence-electron chi connectivity index (χ0n) is 21.7. The first-order valence-electron chi connectivity index (χ1n) is 14.5. The summed E-state index contributed by atoms with van der Waals surface area (Å²) >= 11 is 0. The summed E-state index contributed by atoms with van der Waals surface area (Å²) in [7, 11) is 0. The van der Waals surface area contributed by atoms with E-state index in [2.05, 4.69) is 20.8 Å². The Labute approximate surface area is 192 Å². The van der Waals surface area contributed by atoms with Crippen molar-refractivity contribution in [1.82, 2.24) is 0 Å². The van der Waals surface area contributed by atoms with Crippen molar-refractivity contribution in [2.75, 3.05) is 0 Å². The fraction of sp³-hybridized carbons (Fsp3) is 1.00. The van der Waals surface area contributed by atoms with Crippen LogP contribution < -0.4 is 5.73 Å². The van der Waals surface area contributed by atoms with Crippen LogP contribution in [0.25, 0.3) is 0 Å². The van der Waals surface area contributed by atoms with E-state index in [4.69, 9.17) is 5.73 Å². The summed E-state index contributed by atoms with van der Waals surface area (Å²) in [5, 5.41) is 0. The van der Waals surface area contributed by atoms with Gasteiger partial charge in [0.15, 0.2) is 0 Å². The maximum atomic E-state index is 6.13. The Hall–Kier alpha value is -0.0400. The highest BCUT2D eigenvalue weighted by molar-refractivity contribution is 4.66. The molecule has 30 heavy (non-hydrogen) atoms. The van der Waals surface area contributed by atoms with Gasteiger partial charge in [0.05, 0.1) is 0 Å². The van der Waals surface area contributed by atoms with Crippen LogP contribution in [0, 0.1) is 5.92 Å². The summed E-state index contributed by atoms with van der Waals surface area (Å²) in [5.41, 5.74) is 6.13. The third-order valence-corrected chi connectivity index (χ3v) is 6.89. The lowest BCUT2D eigenvalue weighted by molar-refractivity contribution is 0.360. The van der Waals surface area contributed by atoms with Crippen LogP contribution in [0.1, 0.15) is 175 Å². The van der Waals surface area contributed by atoms with Crippen LogP contribution in [0.3, 0.4) is 0 Å². The van der Waals surface area contributed by atoms with Gasteiger partial charge in [-0.1, -0.05) is 162 Å². The van der Waals surface area contributed by atoms with E-state index in [-0.39, 0.29) is 0 Å². The van der Waals surface area contributed by atoms with Crippen LogP contribution in [-0.4, -0.2) is 6.04 Å². The van der Waals surface area contributed by atoms with Crippen molar-refractivity contribution in [2.24, 2.45) is 11.7 Å². The molecule has 0 aliphatic heterocycles. The van der Waals surface area contributed by atoms with Gasteiger partial charge in [-0.25, -0.2) is 0 Å². The molecule has 0 radical (unpaired) electrons. The molecule has 0 bridgehead atoms. The second-order valence-electron chi connectivity index (χ2n) is 10.4. The van der Waals surface area contributed by atoms with Gasteiger partial charge in [-0.2, -0.15) is 0 Å². The third-order valence-electron chi connectivity index (χ3n) is 6.89. The van der Waals surface area contributed by atoms with Gasteiger partial charge in [0, 0.05) is 6.04 Å². The van der Waals surface area contributed by atoms with Crippen LogP contribution in [-0.2, 0) is 0 Å². The monoisotopic (exact) mass is 423 g/mol. The van der Waals surface area contributed by atoms with Crippen molar-refractivity contribution in [3.8, 4) is 0 Å². The second-order valence-corrected chi connectivity index (χ2v) is 10.4. The number of unbranched alkanes of at least 4 members (excludes halogenated alkanes) is 19. The highest BCUT2D eigenvalue weighted by Crippen LogP contribution is 2.23. The fourth-order valence-electron chi connectivity index (χ4n) is 4.92. The molecule has 1 nitrogen and oxygen atoms in total. The largest absolute Gasteiger partial charge is 0.328 e. The first kappa shape index (κ1) is 30.0. The summed E-state index contributed by atoms with van der Waals surface area (Å²) in [6.07, 6.45) is 34.5. The molecule has 2 atom stereocenters. The summed E-state index contributed by atoms with van der Waals surface area (Å²) in [4.78, 5) is 0. The summed E-state index contributed by atoms with van der Waals surface area (Å²) < 4.78 is 0. The van der Waals surface area contributed by atoms with Crippen molar-refractivity contribution in [3.05, 3.63) is 0 Å². The maximum absolute atomic E-state index is 6.13. The molecule has 0 aromatic rings. The number of hydrogen-bond acceptors (Lipinski definition) is 1. The molecular weight excluding hydrogens is 362 g/mol. The van der Waals surface area contributed by atoms with E-state index in [0.717, 1.165) is 5.92 Å². The molecule has 0 spiro atoms. The van der Waals surface area contributed by atoms with Crippen LogP contribution in [0.5, 0.6) is 0 Å². The molecule has 0 aliphatic carbocycles. The van der Waals surface area contributed by atoms with E-state index in [1.807, 2.05) is 0 Å². The first-order valence-corrected chi connectivity index (χ1v) is 14.5. The van der Waals surface area contributed by atoms with Gasteiger partial charge in [-0.15, -0.1) is 0 Å². The average molecular weight is 424 g/mol. The predicted octanol–water partition coefficient (Wildman–Crippen LogP) is 10.4. The Morgan fingerprint density at radius 1 is 0.433 bits per heavy atom. The average Bonchev–Trinajstić information content (AvgIpc) is 2.72. The van der Waals surface area contributed by atoms with Gasteiger partial charge >= 0.3 is 0 Å². The molecule has 0 fully saturated rings. The smallest absolute Gasteiger partial charge is 0.00131 e. The number of hydrogen-bond donors (Lipinski definition) is 1. The number of nitrogens with two attached hydrogens (primary N) is 1. The normalized spacial score (nSPS) is 13.6. The van der Waals surface area contributed by atoms with Gasteiger partial charge in [0.2, 0.25) is 0 Å². The Morgan fingerprint density at radius 3 is 0.967 bits per heavy atom. The highest BCUT2D eigenvalue weighted by atomic mass is 14.6. The molecule has 0 heterocycles. The summed E-state index contributed by atoms with van der Waals surface area (Å²) in [6.45, 7) is 6.80. The molecular formula is C29H61N. The number of rotatable bonds is 25. The molecule has 0 amide bonds. The van der Waals surface area contributed by atoms with E-state index in [1.165, 1.54) is 154 Å². The molecule has 0 aromatic carbocycles. The molecule has 2 unspecified atom stereocenters. The van der Waals surface area contributed by atoms with Crippen molar-refractivity contribution < 1.29 is 0 Å². The minimum atomic E-state index is 0.381. The minimum Gasteiger partial charge on any atom is -0.328 e. The lowest BCUT2D eigenvalue weighted by Crippen LogP contribution is -2.19. The Kier molecular flexibility index (Phi) is 25.2. The van der Waals surface area contributed by atoms with Crippen molar-refractivity contribution in [1.29, 1.82) is 0 Å². The van der Waals surface area contributed by atoms with E-state index in [9.17, 15) is 0 Å². The lowest BCUT2D eigenvalue weighted by Gasteiger charge is -2.19. The lowest BCUT2D eigenvalue weighted by atomic mass is 9.89. The van der Waals surface area contributed by atoms with E-state index in [1.54, 1.807) is 0 Å². The zero-order chi connectivity index (χ0) is 22.1. The third kappa shape index (κ3) is 24.2. The van der Waals surface area contributed by atoms with Crippen LogP contribution in [0.4, 0.5) is 0 Å². The zero-order valence-corrected chi connectivity index (χ0v) is 21.7. The maximum Gasteiger partial charge on any atom is 0.00131 e. The summed E-state index contributed by atoms with van der Waals surface area (Å²) in [5.74, 6) is 0.887. The topological polar surface area (TPSA) is 26.0 Å². The van der Waals surface area contributed by atoms with E-state index >= 15 is 0 Å². The Balaban J connectivity index is 3.48. The predicted molar refractivity (Wildman–Crippen MR) is 139 cm³/mol. The molecule has 0 saturated heterocycles. The molecule has 1 heteroatoms. The van der Waals surface area contributed by atoms with Crippen LogP contribution in [0.15, 0.2) is 0 Å². The quantitative estimate of drug-likeness (QED) is 0.145. The molecule has 0 aliphatic rings. The van der Waals surface area contributed by atoms with Gasteiger partial charge in [0.25, 0.3) is 0 Å². The fourth-order valence-corrected chi connectivity index (χ4v) is 4.92. The van der Waals surface area contributed by atoms with E-state index < -0.39 is 0 Å². The molecule has 0 rings (SSSR count). The molecule has 0 saturated carbocycles. The summed E-state index contributed by atoms with van der Waals surface area (Å²) in [6, 6.07) is 0.381. The minimum absolute atomic E-state index is 0.381. The van der Waals surface area contributed by atoms with Crippen molar-refractivity contribution in [3.63, 3.8) is 0 Å². The van der Waals surface area contributed by atoms with Crippen molar-refractivity contribution in [2.45, 2.75) is 181 Å².